The quantitative estimate of drug-likeness (QED) is 0.268. The smallest absolute Gasteiger partial charge is 0.316 e. The van der Waals surface area contributed by atoms with Gasteiger partial charge in [-0.25, -0.2) is 4.98 Å². The third-order valence-electron chi connectivity index (χ3n) is 4.13. The van der Waals surface area contributed by atoms with Crippen molar-refractivity contribution < 1.29 is 23.7 Å². The number of hydrogen-bond acceptors (Lipinski definition) is 8. The number of rotatable bonds is 7. The summed E-state index contributed by atoms with van der Waals surface area (Å²) in [6.45, 7) is 2.89. The molecule has 3 aromatic rings. The number of thioether (sulfide) groups is 1. The fourth-order valence-corrected chi connectivity index (χ4v) is 3.14. The number of carbonyl (C=O) groups is 2. The second-order valence-corrected chi connectivity index (χ2v) is 7.03. The van der Waals surface area contributed by atoms with E-state index in [1.807, 2.05) is 12.1 Å². The Morgan fingerprint density at radius 3 is 2.72 bits per heavy atom. The Morgan fingerprint density at radius 1 is 1.24 bits per heavy atom. The van der Waals surface area contributed by atoms with E-state index >= 15 is 0 Å². The van der Waals surface area contributed by atoms with E-state index in [9.17, 15) is 19.7 Å². The van der Waals surface area contributed by atoms with Gasteiger partial charge in [0.05, 0.1) is 4.92 Å². The molecule has 0 fully saturated rings. The molecule has 0 saturated carbocycles. The van der Waals surface area contributed by atoms with Gasteiger partial charge in [0.15, 0.2) is 12.2 Å². The monoisotopic (exact) mass is 415 g/mol. The molecule has 3 rings (SSSR count). The summed E-state index contributed by atoms with van der Waals surface area (Å²) in [5.74, 6) is -1.39. The zero-order valence-electron chi connectivity index (χ0n) is 15.6. The summed E-state index contributed by atoms with van der Waals surface area (Å²) in [5.41, 5.74) is 2.52. The van der Waals surface area contributed by atoms with E-state index in [1.165, 1.54) is 6.07 Å². The van der Waals surface area contributed by atoms with E-state index in [-0.39, 0.29) is 17.1 Å². The number of oxazole rings is 1. The molecule has 1 amide bonds. The number of hydrogen-bond donors (Lipinski definition) is 1. The highest BCUT2D eigenvalue weighted by atomic mass is 32.2. The van der Waals surface area contributed by atoms with Crippen molar-refractivity contribution in [1.82, 2.24) is 4.98 Å². The van der Waals surface area contributed by atoms with Gasteiger partial charge in [0.2, 0.25) is 0 Å². The minimum Gasteiger partial charge on any atom is -0.455 e. The Kier molecular flexibility index (Phi) is 6.13. The number of aryl methyl sites for hydroxylation is 1. The van der Waals surface area contributed by atoms with E-state index in [0.29, 0.717) is 21.9 Å². The predicted octanol–water partition coefficient (Wildman–Crippen LogP) is 3.63. The van der Waals surface area contributed by atoms with Gasteiger partial charge in [0.25, 0.3) is 16.8 Å². The van der Waals surface area contributed by atoms with E-state index in [1.54, 1.807) is 32.0 Å². The molecule has 0 spiro atoms. The Hall–Kier alpha value is -3.40. The fraction of sp³-hybridized carbons (Fsp3) is 0.211. The van der Waals surface area contributed by atoms with Gasteiger partial charge >= 0.3 is 5.97 Å². The molecule has 150 valence electrons. The minimum atomic E-state index is -0.665. The van der Waals surface area contributed by atoms with Gasteiger partial charge in [0.1, 0.15) is 17.0 Å². The van der Waals surface area contributed by atoms with Crippen molar-refractivity contribution >= 4 is 46.1 Å². The average Bonchev–Trinajstić information content (AvgIpc) is 3.11. The molecule has 1 aromatic heterocycles. The number of esters is 1. The lowest BCUT2D eigenvalue weighted by Gasteiger charge is -2.11. The normalized spacial score (nSPS) is 10.7. The Morgan fingerprint density at radius 2 is 2.00 bits per heavy atom. The van der Waals surface area contributed by atoms with Crippen LogP contribution in [0.15, 0.2) is 46.0 Å². The highest BCUT2D eigenvalue weighted by Gasteiger charge is 2.20. The van der Waals surface area contributed by atoms with Crippen LogP contribution >= 0.6 is 11.8 Å². The first-order chi connectivity index (χ1) is 13.8. The van der Waals surface area contributed by atoms with Gasteiger partial charge in [-0.05, 0) is 37.1 Å². The van der Waals surface area contributed by atoms with Crippen LogP contribution in [0.1, 0.15) is 11.1 Å². The average molecular weight is 415 g/mol. The molecule has 29 heavy (non-hydrogen) atoms. The molecule has 0 radical (unpaired) electrons. The summed E-state index contributed by atoms with van der Waals surface area (Å²) >= 11 is 1.05. The van der Waals surface area contributed by atoms with Crippen molar-refractivity contribution in [2.24, 2.45) is 0 Å². The first-order valence-electron chi connectivity index (χ1n) is 8.53. The van der Waals surface area contributed by atoms with Crippen LogP contribution in [0.25, 0.3) is 11.1 Å². The summed E-state index contributed by atoms with van der Waals surface area (Å²) in [7, 11) is 0. The number of aromatic nitrogens is 1. The molecule has 0 bridgehead atoms. The number of carbonyl (C=O) groups excluding carboxylic acids is 2. The molecule has 0 unspecified atom stereocenters. The number of amides is 1. The largest absolute Gasteiger partial charge is 0.455 e. The molecular formula is C19H17N3O6S. The molecule has 10 heteroatoms. The number of anilines is 1. The molecule has 0 aliphatic carbocycles. The van der Waals surface area contributed by atoms with Gasteiger partial charge in [-0.2, -0.15) is 0 Å². The van der Waals surface area contributed by atoms with Gasteiger partial charge in [0, 0.05) is 6.07 Å². The Bertz CT molecular complexity index is 1060. The zero-order chi connectivity index (χ0) is 21.0. The lowest BCUT2D eigenvalue weighted by atomic mass is 10.1. The van der Waals surface area contributed by atoms with Crippen molar-refractivity contribution in [3.8, 4) is 0 Å². The predicted molar refractivity (Wildman–Crippen MR) is 107 cm³/mol. The molecule has 0 aliphatic rings. The Labute approximate surface area is 169 Å². The minimum absolute atomic E-state index is 0.0935. The van der Waals surface area contributed by atoms with Crippen molar-refractivity contribution in [1.29, 1.82) is 0 Å². The number of nitro groups is 1. The van der Waals surface area contributed by atoms with Crippen LogP contribution in [0.5, 0.6) is 0 Å². The molecule has 0 aliphatic heterocycles. The van der Waals surface area contributed by atoms with E-state index in [2.05, 4.69) is 10.3 Å². The van der Waals surface area contributed by atoms with Gasteiger partial charge < -0.3 is 14.5 Å². The van der Waals surface area contributed by atoms with Crippen LogP contribution in [-0.2, 0) is 14.3 Å². The first kappa shape index (κ1) is 20.3. The number of fused-ring (bicyclic) bond motifs is 1. The van der Waals surface area contributed by atoms with Crippen molar-refractivity contribution in [2.75, 3.05) is 17.7 Å². The number of para-hydroxylation sites is 2. The zero-order valence-corrected chi connectivity index (χ0v) is 16.4. The number of nitro benzene ring substituents is 1. The van der Waals surface area contributed by atoms with Crippen LogP contribution < -0.4 is 5.32 Å². The van der Waals surface area contributed by atoms with E-state index < -0.39 is 23.4 Å². The molecular weight excluding hydrogens is 398 g/mol. The van der Waals surface area contributed by atoms with Crippen molar-refractivity contribution in [3.05, 3.63) is 57.6 Å². The van der Waals surface area contributed by atoms with Gasteiger partial charge in [-0.3, -0.25) is 19.7 Å². The van der Waals surface area contributed by atoms with Crippen molar-refractivity contribution in [3.63, 3.8) is 0 Å². The lowest BCUT2D eigenvalue weighted by Crippen LogP contribution is -2.22. The summed E-state index contributed by atoms with van der Waals surface area (Å²) in [6.07, 6.45) is 0. The number of nitrogens with one attached hydrogen (secondary N) is 1. The number of nitrogens with zero attached hydrogens (tertiary/aromatic N) is 2. The number of benzene rings is 2. The molecule has 0 atom stereocenters. The van der Waals surface area contributed by atoms with Crippen LogP contribution in [0.3, 0.4) is 0 Å². The molecule has 1 heterocycles. The summed E-state index contributed by atoms with van der Waals surface area (Å²) in [4.78, 5) is 38.8. The third kappa shape index (κ3) is 4.91. The van der Waals surface area contributed by atoms with Crippen LogP contribution in [0.2, 0.25) is 0 Å². The van der Waals surface area contributed by atoms with E-state index in [0.717, 1.165) is 17.3 Å². The first-order valence-corrected chi connectivity index (χ1v) is 9.52. The molecule has 0 saturated heterocycles. The molecule has 9 nitrogen and oxygen atoms in total. The maximum atomic E-state index is 12.1. The topological polar surface area (TPSA) is 125 Å². The highest BCUT2D eigenvalue weighted by molar-refractivity contribution is 7.99. The lowest BCUT2D eigenvalue weighted by molar-refractivity contribution is -0.384. The van der Waals surface area contributed by atoms with Gasteiger partial charge in [-0.15, -0.1) is 0 Å². The third-order valence-corrected chi connectivity index (χ3v) is 4.93. The second kappa shape index (κ2) is 8.74. The maximum absolute atomic E-state index is 12.1. The second-order valence-electron chi connectivity index (χ2n) is 6.10. The standard InChI is InChI=1S/C19H17N3O6S/c1-11-7-8-14(22(25)26)18(12(11)2)21-16(23)9-27-17(24)10-29-19-20-13-5-3-4-6-15(13)28-19/h3-8H,9-10H2,1-2H3,(H,21,23). The summed E-state index contributed by atoms with van der Waals surface area (Å²) < 4.78 is 10.4. The molecule has 1 N–H and O–H groups in total. The summed E-state index contributed by atoms with van der Waals surface area (Å²) in [5, 5.41) is 13.9. The highest BCUT2D eigenvalue weighted by Crippen LogP contribution is 2.30. The van der Waals surface area contributed by atoms with E-state index in [4.69, 9.17) is 9.15 Å². The van der Waals surface area contributed by atoms with Crippen LogP contribution in [-0.4, -0.2) is 34.1 Å². The SMILES string of the molecule is Cc1ccc([N+](=O)[O-])c(NC(=O)COC(=O)CSc2nc3ccccc3o2)c1C. The van der Waals surface area contributed by atoms with Gasteiger partial charge in [-0.1, -0.05) is 30.0 Å². The van der Waals surface area contributed by atoms with Crippen LogP contribution in [0.4, 0.5) is 11.4 Å². The van der Waals surface area contributed by atoms with Crippen molar-refractivity contribution in [2.45, 2.75) is 19.1 Å². The molecule has 2 aromatic carbocycles. The fourth-order valence-electron chi connectivity index (χ4n) is 2.51. The number of ether oxygens (including phenoxy) is 1. The summed E-state index contributed by atoms with van der Waals surface area (Å²) in [6, 6.07) is 10.1. The Balaban J connectivity index is 1.53. The van der Waals surface area contributed by atoms with Crippen LogP contribution in [0, 0.1) is 24.0 Å². The maximum Gasteiger partial charge on any atom is 0.316 e.